The van der Waals surface area contributed by atoms with Crippen molar-refractivity contribution in [1.29, 1.82) is 5.26 Å². The van der Waals surface area contributed by atoms with E-state index in [2.05, 4.69) is 0 Å². The summed E-state index contributed by atoms with van der Waals surface area (Å²) in [4.78, 5) is 13.4. The lowest BCUT2D eigenvalue weighted by molar-refractivity contribution is -0.130. The predicted molar refractivity (Wildman–Crippen MR) is 55.6 cm³/mol. The average molecular weight is 200 g/mol. The van der Waals surface area contributed by atoms with Gasteiger partial charge < -0.3 is 4.90 Å². The fourth-order valence-electron chi connectivity index (χ4n) is 1.82. The largest absolute Gasteiger partial charge is 0.337 e. The fourth-order valence-corrected chi connectivity index (χ4v) is 1.82. The summed E-state index contributed by atoms with van der Waals surface area (Å²) in [6.07, 6.45) is 0.669. The van der Waals surface area contributed by atoms with E-state index in [1.807, 2.05) is 36.4 Å². The first-order valence-electron chi connectivity index (χ1n) is 5.03. The molecule has 1 aliphatic heterocycles. The van der Waals surface area contributed by atoms with E-state index >= 15 is 0 Å². The highest BCUT2D eigenvalue weighted by atomic mass is 16.2. The molecule has 15 heavy (non-hydrogen) atoms. The van der Waals surface area contributed by atoms with Crippen LogP contribution in [-0.4, -0.2) is 17.4 Å². The minimum atomic E-state index is -0.422. The number of carbonyl (C=O) groups is 1. The highest BCUT2D eigenvalue weighted by molar-refractivity contribution is 5.83. The molecular formula is C12H12N2O. The normalized spacial score (nSPS) is 20.3. The Morgan fingerprint density at radius 3 is 2.73 bits per heavy atom. The summed E-state index contributed by atoms with van der Waals surface area (Å²) in [5, 5.41) is 8.72. The van der Waals surface area contributed by atoms with E-state index in [0.29, 0.717) is 19.5 Å². The van der Waals surface area contributed by atoms with Crippen LogP contribution in [0.5, 0.6) is 0 Å². The number of likely N-dealkylation sites (tertiary alicyclic amines) is 1. The van der Waals surface area contributed by atoms with Crippen molar-refractivity contribution in [3.8, 4) is 6.07 Å². The molecule has 3 nitrogen and oxygen atoms in total. The lowest BCUT2D eigenvalue weighted by Gasteiger charge is -2.15. The first-order valence-corrected chi connectivity index (χ1v) is 5.03. The van der Waals surface area contributed by atoms with E-state index < -0.39 is 5.92 Å². The Morgan fingerprint density at radius 2 is 2.13 bits per heavy atom. The highest BCUT2D eigenvalue weighted by Crippen LogP contribution is 2.19. The summed E-state index contributed by atoms with van der Waals surface area (Å²) >= 11 is 0. The summed E-state index contributed by atoms with van der Waals surface area (Å²) in [6, 6.07) is 11.9. The maximum Gasteiger partial charge on any atom is 0.240 e. The molecule has 0 aliphatic carbocycles. The third-order valence-corrected chi connectivity index (χ3v) is 2.67. The Balaban J connectivity index is 2.04. The van der Waals surface area contributed by atoms with Crippen LogP contribution in [-0.2, 0) is 11.3 Å². The Bertz CT molecular complexity index is 394. The van der Waals surface area contributed by atoms with Crippen molar-refractivity contribution < 1.29 is 4.79 Å². The van der Waals surface area contributed by atoms with Crippen LogP contribution in [0.3, 0.4) is 0 Å². The molecule has 1 aromatic carbocycles. The van der Waals surface area contributed by atoms with Crippen molar-refractivity contribution in [3.05, 3.63) is 35.9 Å². The van der Waals surface area contributed by atoms with Gasteiger partial charge in [-0.15, -0.1) is 0 Å². The van der Waals surface area contributed by atoms with Crippen molar-refractivity contribution in [2.45, 2.75) is 13.0 Å². The molecular weight excluding hydrogens is 188 g/mol. The van der Waals surface area contributed by atoms with Gasteiger partial charge in [0, 0.05) is 13.1 Å². The number of nitrogens with zero attached hydrogens (tertiary/aromatic N) is 2. The number of benzene rings is 1. The molecule has 76 valence electrons. The average Bonchev–Trinajstić information content (AvgIpc) is 2.62. The van der Waals surface area contributed by atoms with Crippen LogP contribution >= 0.6 is 0 Å². The van der Waals surface area contributed by atoms with Crippen molar-refractivity contribution in [2.75, 3.05) is 6.54 Å². The van der Waals surface area contributed by atoms with Gasteiger partial charge in [0.25, 0.3) is 0 Å². The second-order valence-corrected chi connectivity index (χ2v) is 3.72. The molecule has 1 heterocycles. The zero-order valence-corrected chi connectivity index (χ0v) is 8.39. The van der Waals surface area contributed by atoms with Gasteiger partial charge in [-0.05, 0) is 12.0 Å². The maximum absolute atomic E-state index is 11.6. The molecule has 1 aliphatic rings. The molecule has 0 aromatic heterocycles. The van der Waals surface area contributed by atoms with Gasteiger partial charge in [-0.25, -0.2) is 0 Å². The number of rotatable bonds is 2. The lowest BCUT2D eigenvalue weighted by atomic mass is 10.1. The van der Waals surface area contributed by atoms with E-state index in [9.17, 15) is 4.79 Å². The molecule has 2 rings (SSSR count). The standard InChI is InChI=1S/C12H12N2O/c13-8-11-6-7-14(12(11)15)9-10-4-2-1-3-5-10/h1-5,11H,6-7,9H2. The summed E-state index contributed by atoms with van der Waals surface area (Å²) in [6.45, 7) is 1.32. The summed E-state index contributed by atoms with van der Waals surface area (Å²) < 4.78 is 0. The van der Waals surface area contributed by atoms with Crippen LogP contribution in [0.25, 0.3) is 0 Å². The molecule has 1 saturated heterocycles. The number of hydrogen-bond donors (Lipinski definition) is 0. The van der Waals surface area contributed by atoms with Gasteiger partial charge in [0.2, 0.25) is 5.91 Å². The van der Waals surface area contributed by atoms with Crippen molar-refractivity contribution in [2.24, 2.45) is 5.92 Å². The molecule has 1 aromatic rings. The van der Waals surface area contributed by atoms with Gasteiger partial charge in [-0.2, -0.15) is 5.26 Å². The van der Waals surface area contributed by atoms with E-state index in [1.54, 1.807) is 4.90 Å². The molecule has 1 unspecified atom stereocenters. The van der Waals surface area contributed by atoms with E-state index in [1.165, 1.54) is 0 Å². The third-order valence-electron chi connectivity index (χ3n) is 2.67. The Morgan fingerprint density at radius 1 is 1.40 bits per heavy atom. The molecule has 1 amide bonds. The smallest absolute Gasteiger partial charge is 0.240 e. The quantitative estimate of drug-likeness (QED) is 0.727. The van der Waals surface area contributed by atoms with Gasteiger partial charge >= 0.3 is 0 Å². The number of nitriles is 1. The Labute approximate surface area is 88.9 Å². The van der Waals surface area contributed by atoms with Crippen molar-refractivity contribution >= 4 is 5.91 Å². The summed E-state index contributed by atoms with van der Waals surface area (Å²) in [7, 11) is 0. The minimum absolute atomic E-state index is 0.0265. The lowest BCUT2D eigenvalue weighted by Crippen LogP contribution is -2.26. The molecule has 0 radical (unpaired) electrons. The number of amides is 1. The summed E-state index contributed by atoms with van der Waals surface area (Å²) in [5.41, 5.74) is 1.12. The van der Waals surface area contributed by atoms with E-state index in [4.69, 9.17) is 5.26 Å². The predicted octanol–water partition coefficient (Wildman–Crippen LogP) is 1.56. The first-order chi connectivity index (χ1) is 7.31. The van der Waals surface area contributed by atoms with Crippen molar-refractivity contribution in [1.82, 2.24) is 4.90 Å². The summed E-state index contributed by atoms with van der Waals surface area (Å²) in [5.74, 6) is -0.449. The Kier molecular flexibility index (Phi) is 2.68. The fraction of sp³-hybridized carbons (Fsp3) is 0.333. The van der Waals surface area contributed by atoms with E-state index in [0.717, 1.165) is 5.56 Å². The zero-order valence-electron chi connectivity index (χ0n) is 8.39. The monoisotopic (exact) mass is 200 g/mol. The first kappa shape index (κ1) is 9.72. The second kappa shape index (κ2) is 4.14. The molecule has 1 fully saturated rings. The van der Waals surface area contributed by atoms with Crippen molar-refractivity contribution in [3.63, 3.8) is 0 Å². The topological polar surface area (TPSA) is 44.1 Å². The molecule has 1 atom stereocenters. The van der Waals surface area contributed by atoms with Gasteiger partial charge in [0.1, 0.15) is 5.92 Å². The molecule has 0 N–H and O–H groups in total. The zero-order chi connectivity index (χ0) is 10.7. The molecule has 0 bridgehead atoms. The van der Waals surface area contributed by atoms with Crippen LogP contribution in [0.4, 0.5) is 0 Å². The van der Waals surface area contributed by atoms with Gasteiger partial charge in [-0.3, -0.25) is 4.79 Å². The highest BCUT2D eigenvalue weighted by Gasteiger charge is 2.31. The maximum atomic E-state index is 11.6. The number of carbonyl (C=O) groups excluding carboxylic acids is 1. The SMILES string of the molecule is N#CC1CCN(Cc2ccccc2)C1=O. The molecule has 3 heteroatoms. The number of hydrogen-bond acceptors (Lipinski definition) is 2. The van der Waals surface area contributed by atoms with Crippen LogP contribution in [0, 0.1) is 17.2 Å². The Hall–Kier alpha value is -1.82. The van der Waals surface area contributed by atoms with Crippen LogP contribution in [0.15, 0.2) is 30.3 Å². The van der Waals surface area contributed by atoms with Gasteiger partial charge in [0.05, 0.1) is 6.07 Å². The van der Waals surface area contributed by atoms with Gasteiger partial charge in [-0.1, -0.05) is 30.3 Å². The molecule has 0 spiro atoms. The van der Waals surface area contributed by atoms with Crippen LogP contribution in [0.2, 0.25) is 0 Å². The van der Waals surface area contributed by atoms with Crippen LogP contribution < -0.4 is 0 Å². The minimum Gasteiger partial charge on any atom is -0.337 e. The second-order valence-electron chi connectivity index (χ2n) is 3.72. The van der Waals surface area contributed by atoms with E-state index in [-0.39, 0.29) is 5.91 Å². The van der Waals surface area contributed by atoms with Crippen LogP contribution in [0.1, 0.15) is 12.0 Å². The van der Waals surface area contributed by atoms with Gasteiger partial charge in [0.15, 0.2) is 0 Å². The third kappa shape index (κ3) is 1.99. The molecule has 0 saturated carbocycles.